The molecule has 0 amide bonds. The van der Waals surface area contributed by atoms with Gasteiger partial charge in [0.25, 0.3) is 0 Å². The average molecular weight is 327 g/mol. The Balaban J connectivity index is 1.98. The summed E-state index contributed by atoms with van der Waals surface area (Å²) in [5.74, 6) is 0.387. The van der Waals surface area contributed by atoms with Crippen LogP contribution in [0.1, 0.15) is 22.5 Å². The van der Waals surface area contributed by atoms with Crippen LogP contribution in [0.3, 0.4) is 0 Å². The van der Waals surface area contributed by atoms with Gasteiger partial charge in [0.15, 0.2) is 0 Å². The largest absolute Gasteiger partial charge is 0.416 e. The van der Waals surface area contributed by atoms with Gasteiger partial charge in [-0.1, -0.05) is 18.2 Å². The van der Waals surface area contributed by atoms with Crippen LogP contribution in [0, 0.1) is 18.3 Å². The van der Waals surface area contributed by atoms with Crippen molar-refractivity contribution in [3.8, 4) is 6.07 Å². The van der Waals surface area contributed by atoms with Crippen LogP contribution >= 0.6 is 0 Å². The van der Waals surface area contributed by atoms with Gasteiger partial charge in [0.2, 0.25) is 0 Å². The summed E-state index contributed by atoms with van der Waals surface area (Å²) in [4.78, 5) is 7.41. The smallest absolute Gasteiger partial charge is 0.337 e. The Labute approximate surface area is 136 Å². The molecular formula is C18H12F3N3. The fourth-order valence-electron chi connectivity index (χ4n) is 2.34. The lowest BCUT2D eigenvalue weighted by Crippen LogP contribution is -2.04. The number of nitriles is 1. The molecule has 0 radical (unpaired) electrons. The van der Waals surface area contributed by atoms with Crippen molar-refractivity contribution in [2.45, 2.75) is 13.1 Å². The fraction of sp³-hybridized carbons (Fsp3) is 0.111. The zero-order valence-electron chi connectivity index (χ0n) is 12.6. The quantitative estimate of drug-likeness (QED) is 0.677. The van der Waals surface area contributed by atoms with E-state index in [2.05, 4.69) is 9.97 Å². The number of benzene rings is 2. The van der Waals surface area contributed by atoms with Crippen LogP contribution in [0.25, 0.3) is 22.7 Å². The Kier molecular flexibility index (Phi) is 3.86. The van der Waals surface area contributed by atoms with E-state index >= 15 is 0 Å². The first kappa shape index (κ1) is 15.8. The molecule has 3 nitrogen and oxygen atoms in total. The number of nitrogens with one attached hydrogen (secondary N) is 1. The number of rotatable bonds is 2. The number of H-pyrrole nitrogens is 1. The second-order valence-electron chi connectivity index (χ2n) is 5.40. The highest BCUT2D eigenvalue weighted by Crippen LogP contribution is 2.29. The van der Waals surface area contributed by atoms with Gasteiger partial charge in [-0.3, -0.25) is 0 Å². The van der Waals surface area contributed by atoms with Crippen LogP contribution < -0.4 is 0 Å². The molecule has 1 N–H and O–H groups in total. The Bertz CT molecular complexity index is 958. The molecule has 1 heterocycles. The number of hydrogen-bond acceptors (Lipinski definition) is 2. The van der Waals surface area contributed by atoms with Gasteiger partial charge in [0, 0.05) is 0 Å². The number of aromatic amines is 1. The van der Waals surface area contributed by atoms with E-state index in [-0.39, 0.29) is 5.57 Å². The molecule has 0 spiro atoms. The number of hydrogen-bond donors (Lipinski definition) is 1. The third kappa shape index (κ3) is 3.15. The Morgan fingerprint density at radius 1 is 1.17 bits per heavy atom. The Hall–Kier alpha value is -3.07. The van der Waals surface area contributed by atoms with Crippen molar-refractivity contribution in [3.63, 3.8) is 0 Å². The van der Waals surface area contributed by atoms with Crippen molar-refractivity contribution in [1.82, 2.24) is 9.97 Å². The molecule has 0 saturated heterocycles. The standard InChI is InChI=1S/C18H12F3N3/c1-11-2-7-15-16(8-11)24-17(23-15)13(10-22)9-12-3-5-14(6-4-12)18(19,20)21/h2-9H,1H3,(H,23,24)/b13-9-. The van der Waals surface area contributed by atoms with Gasteiger partial charge in [0.1, 0.15) is 11.9 Å². The first-order valence-corrected chi connectivity index (χ1v) is 7.12. The van der Waals surface area contributed by atoms with Crippen molar-refractivity contribution in [3.05, 3.63) is 65.0 Å². The summed E-state index contributed by atoms with van der Waals surface area (Å²) in [6.07, 6.45) is -2.87. The van der Waals surface area contributed by atoms with Crippen LogP contribution in [0.4, 0.5) is 13.2 Å². The summed E-state index contributed by atoms with van der Waals surface area (Å²) >= 11 is 0. The summed E-state index contributed by atoms with van der Waals surface area (Å²) in [6, 6.07) is 12.3. The van der Waals surface area contributed by atoms with Gasteiger partial charge < -0.3 is 4.98 Å². The van der Waals surface area contributed by atoms with E-state index in [1.54, 1.807) is 0 Å². The molecule has 0 atom stereocenters. The third-order valence-electron chi connectivity index (χ3n) is 3.56. The lowest BCUT2D eigenvalue weighted by Gasteiger charge is -2.06. The molecule has 1 aromatic heterocycles. The highest BCUT2D eigenvalue weighted by atomic mass is 19.4. The number of aromatic nitrogens is 2. The summed E-state index contributed by atoms with van der Waals surface area (Å²) in [6.45, 7) is 1.95. The normalized spacial score (nSPS) is 12.4. The number of nitrogens with zero attached hydrogens (tertiary/aromatic N) is 2. The van der Waals surface area contributed by atoms with Crippen molar-refractivity contribution >= 4 is 22.7 Å². The second-order valence-corrected chi connectivity index (χ2v) is 5.40. The number of fused-ring (bicyclic) bond motifs is 1. The minimum Gasteiger partial charge on any atom is -0.337 e. The van der Waals surface area contributed by atoms with Crippen molar-refractivity contribution in [2.75, 3.05) is 0 Å². The summed E-state index contributed by atoms with van der Waals surface area (Å²) in [7, 11) is 0. The molecule has 0 fully saturated rings. The maximum atomic E-state index is 12.6. The van der Waals surface area contributed by atoms with Crippen LogP contribution in [0.5, 0.6) is 0 Å². The number of imidazole rings is 1. The third-order valence-corrected chi connectivity index (χ3v) is 3.56. The molecule has 6 heteroatoms. The van der Waals surface area contributed by atoms with Gasteiger partial charge in [-0.25, -0.2) is 4.98 Å². The first-order chi connectivity index (χ1) is 11.4. The highest BCUT2D eigenvalue weighted by Gasteiger charge is 2.29. The first-order valence-electron chi connectivity index (χ1n) is 7.12. The Morgan fingerprint density at radius 3 is 2.50 bits per heavy atom. The van der Waals surface area contributed by atoms with E-state index in [0.717, 1.165) is 28.7 Å². The summed E-state index contributed by atoms with van der Waals surface area (Å²) < 4.78 is 37.7. The predicted molar refractivity (Wildman–Crippen MR) is 85.8 cm³/mol. The van der Waals surface area contributed by atoms with E-state index in [1.807, 2.05) is 31.2 Å². The average Bonchev–Trinajstić information content (AvgIpc) is 2.95. The molecular weight excluding hydrogens is 315 g/mol. The van der Waals surface area contributed by atoms with Gasteiger partial charge in [-0.05, 0) is 48.4 Å². The fourth-order valence-corrected chi connectivity index (χ4v) is 2.34. The zero-order chi connectivity index (χ0) is 17.3. The molecule has 0 unspecified atom stereocenters. The number of aryl methyl sites for hydroxylation is 1. The van der Waals surface area contributed by atoms with Gasteiger partial charge in [-0.15, -0.1) is 0 Å². The second kappa shape index (κ2) is 5.85. The van der Waals surface area contributed by atoms with Crippen molar-refractivity contribution in [2.24, 2.45) is 0 Å². The van der Waals surface area contributed by atoms with E-state index in [1.165, 1.54) is 18.2 Å². The minimum absolute atomic E-state index is 0.253. The molecule has 0 saturated carbocycles. The monoisotopic (exact) mass is 327 g/mol. The number of alkyl halides is 3. The predicted octanol–water partition coefficient (Wildman–Crippen LogP) is 4.95. The number of allylic oxidation sites excluding steroid dienone is 1. The molecule has 0 aliphatic rings. The van der Waals surface area contributed by atoms with E-state index in [9.17, 15) is 18.4 Å². The van der Waals surface area contributed by atoms with Gasteiger partial charge >= 0.3 is 6.18 Å². The molecule has 2 aromatic carbocycles. The lowest BCUT2D eigenvalue weighted by molar-refractivity contribution is -0.137. The van der Waals surface area contributed by atoms with Crippen LogP contribution in [0.15, 0.2) is 42.5 Å². The van der Waals surface area contributed by atoms with Crippen LogP contribution in [-0.4, -0.2) is 9.97 Å². The maximum absolute atomic E-state index is 12.6. The molecule has 3 rings (SSSR count). The van der Waals surface area contributed by atoms with Gasteiger partial charge in [-0.2, -0.15) is 18.4 Å². The topological polar surface area (TPSA) is 52.5 Å². The molecule has 0 aliphatic heterocycles. The van der Waals surface area contributed by atoms with E-state index in [4.69, 9.17) is 0 Å². The van der Waals surface area contributed by atoms with E-state index in [0.29, 0.717) is 11.4 Å². The zero-order valence-corrected chi connectivity index (χ0v) is 12.6. The highest BCUT2D eigenvalue weighted by molar-refractivity contribution is 5.90. The maximum Gasteiger partial charge on any atom is 0.416 e. The SMILES string of the molecule is Cc1ccc2nc(/C(C#N)=C\c3ccc(C(F)(F)F)cc3)[nH]c2c1. The molecule has 3 aromatic rings. The van der Waals surface area contributed by atoms with Crippen molar-refractivity contribution < 1.29 is 13.2 Å². The lowest BCUT2D eigenvalue weighted by atomic mass is 10.1. The molecule has 0 bridgehead atoms. The van der Waals surface area contributed by atoms with E-state index < -0.39 is 11.7 Å². The molecule has 0 aliphatic carbocycles. The van der Waals surface area contributed by atoms with Crippen LogP contribution in [0.2, 0.25) is 0 Å². The minimum atomic E-state index is -4.38. The molecule has 24 heavy (non-hydrogen) atoms. The Morgan fingerprint density at radius 2 is 1.88 bits per heavy atom. The molecule has 120 valence electrons. The van der Waals surface area contributed by atoms with Gasteiger partial charge in [0.05, 0.1) is 22.2 Å². The summed E-state index contributed by atoms with van der Waals surface area (Å²) in [5.41, 5.74) is 2.61. The van der Waals surface area contributed by atoms with Crippen molar-refractivity contribution in [1.29, 1.82) is 5.26 Å². The van der Waals surface area contributed by atoms with Crippen LogP contribution in [-0.2, 0) is 6.18 Å². The summed E-state index contributed by atoms with van der Waals surface area (Å²) in [5, 5.41) is 9.35. The number of halogens is 3.